The van der Waals surface area contributed by atoms with Gasteiger partial charge in [-0.15, -0.1) is 0 Å². The fourth-order valence-electron chi connectivity index (χ4n) is 1.99. The van der Waals surface area contributed by atoms with Crippen LogP contribution in [-0.4, -0.2) is 25.0 Å². The molecule has 1 saturated heterocycles. The third-order valence-electron chi connectivity index (χ3n) is 2.87. The molecule has 1 fully saturated rings. The van der Waals surface area contributed by atoms with Crippen LogP contribution in [0.15, 0.2) is 12.1 Å². The Bertz CT molecular complexity index is 436. The van der Waals surface area contributed by atoms with Crippen LogP contribution in [0.3, 0.4) is 0 Å². The smallest absolute Gasteiger partial charge is 0.257 e. The van der Waals surface area contributed by atoms with E-state index < -0.39 is 28.9 Å². The van der Waals surface area contributed by atoms with Crippen molar-refractivity contribution >= 4 is 5.91 Å². The first-order chi connectivity index (χ1) is 8.58. The van der Waals surface area contributed by atoms with Gasteiger partial charge in [-0.2, -0.15) is 0 Å². The molecule has 1 amide bonds. The number of rotatable bonds is 2. The Morgan fingerprint density at radius 1 is 1.28 bits per heavy atom. The molecule has 0 radical (unpaired) electrons. The average molecular weight is 258 g/mol. The van der Waals surface area contributed by atoms with Crippen molar-refractivity contribution in [2.24, 2.45) is 0 Å². The zero-order valence-corrected chi connectivity index (χ0v) is 9.60. The summed E-state index contributed by atoms with van der Waals surface area (Å²) in [5.74, 6) is -4.26. The SMILES string of the molecule is O=C(N[C@H]1CCCNC1)c1c(F)cc(F)cc1F. The minimum Gasteiger partial charge on any atom is -0.348 e. The lowest BCUT2D eigenvalue weighted by molar-refractivity contribution is 0.0922. The molecular formula is C12H13F3N2O. The molecule has 1 aromatic rings. The second-order valence-electron chi connectivity index (χ2n) is 4.26. The summed E-state index contributed by atoms with van der Waals surface area (Å²) in [6, 6.07) is 0.837. The van der Waals surface area contributed by atoms with Crippen molar-refractivity contribution < 1.29 is 18.0 Å². The van der Waals surface area contributed by atoms with Gasteiger partial charge in [-0.25, -0.2) is 13.2 Å². The number of benzene rings is 1. The molecule has 1 aromatic carbocycles. The van der Waals surface area contributed by atoms with Crippen LogP contribution in [0.5, 0.6) is 0 Å². The van der Waals surface area contributed by atoms with Crippen molar-refractivity contribution in [3.05, 3.63) is 35.1 Å². The van der Waals surface area contributed by atoms with Gasteiger partial charge in [0.05, 0.1) is 0 Å². The Morgan fingerprint density at radius 2 is 1.94 bits per heavy atom. The highest BCUT2D eigenvalue weighted by atomic mass is 19.1. The highest BCUT2D eigenvalue weighted by Gasteiger charge is 2.22. The van der Waals surface area contributed by atoms with Gasteiger partial charge in [-0.1, -0.05) is 0 Å². The van der Waals surface area contributed by atoms with Gasteiger partial charge in [-0.05, 0) is 19.4 Å². The number of piperidine rings is 1. The molecule has 98 valence electrons. The zero-order chi connectivity index (χ0) is 13.1. The Kier molecular flexibility index (Phi) is 3.86. The summed E-state index contributed by atoms with van der Waals surface area (Å²) in [5, 5.41) is 5.60. The number of hydrogen-bond acceptors (Lipinski definition) is 2. The van der Waals surface area contributed by atoms with E-state index >= 15 is 0 Å². The molecule has 18 heavy (non-hydrogen) atoms. The number of halogens is 3. The maximum Gasteiger partial charge on any atom is 0.257 e. The van der Waals surface area contributed by atoms with Gasteiger partial charge >= 0.3 is 0 Å². The summed E-state index contributed by atoms with van der Waals surface area (Å²) < 4.78 is 39.4. The highest BCUT2D eigenvalue weighted by Crippen LogP contribution is 2.15. The molecular weight excluding hydrogens is 245 g/mol. The molecule has 1 heterocycles. The first kappa shape index (κ1) is 12.9. The van der Waals surface area contributed by atoms with E-state index in [1.165, 1.54) is 0 Å². The first-order valence-electron chi connectivity index (χ1n) is 5.74. The molecule has 0 aromatic heterocycles. The lowest BCUT2D eigenvalue weighted by atomic mass is 10.1. The van der Waals surface area contributed by atoms with Gasteiger partial charge in [0.1, 0.15) is 23.0 Å². The Hall–Kier alpha value is -1.56. The first-order valence-corrected chi connectivity index (χ1v) is 5.74. The summed E-state index contributed by atoms with van der Waals surface area (Å²) in [4.78, 5) is 11.7. The van der Waals surface area contributed by atoms with E-state index in [9.17, 15) is 18.0 Å². The lowest BCUT2D eigenvalue weighted by Crippen LogP contribution is -2.46. The third-order valence-corrected chi connectivity index (χ3v) is 2.87. The molecule has 1 atom stereocenters. The number of nitrogens with one attached hydrogen (secondary N) is 2. The van der Waals surface area contributed by atoms with E-state index in [1.54, 1.807) is 0 Å². The monoisotopic (exact) mass is 258 g/mol. The van der Waals surface area contributed by atoms with Crippen molar-refractivity contribution in [1.82, 2.24) is 10.6 Å². The topological polar surface area (TPSA) is 41.1 Å². The largest absolute Gasteiger partial charge is 0.348 e. The van der Waals surface area contributed by atoms with Crippen molar-refractivity contribution in [2.45, 2.75) is 18.9 Å². The second-order valence-corrected chi connectivity index (χ2v) is 4.26. The van der Waals surface area contributed by atoms with Crippen molar-refractivity contribution in [3.8, 4) is 0 Å². The van der Waals surface area contributed by atoms with Crippen LogP contribution in [-0.2, 0) is 0 Å². The van der Waals surface area contributed by atoms with E-state index in [-0.39, 0.29) is 6.04 Å². The molecule has 1 aliphatic heterocycles. The molecule has 0 bridgehead atoms. The van der Waals surface area contributed by atoms with Gasteiger partial charge in [0.25, 0.3) is 5.91 Å². The molecule has 2 N–H and O–H groups in total. The summed E-state index contributed by atoms with van der Waals surface area (Å²) in [7, 11) is 0. The minimum absolute atomic E-state index is 0.157. The molecule has 0 unspecified atom stereocenters. The van der Waals surface area contributed by atoms with E-state index in [4.69, 9.17) is 0 Å². The molecule has 2 rings (SSSR count). The van der Waals surface area contributed by atoms with Crippen LogP contribution >= 0.6 is 0 Å². The van der Waals surface area contributed by atoms with Crippen LogP contribution in [0.1, 0.15) is 23.2 Å². The molecule has 0 aliphatic carbocycles. The Balaban J connectivity index is 2.13. The number of carbonyl (C=O) groups is 1. The van der Waals surface area contributed by atoms with Crippen LogP contribution in [0.2, 0.25) is 0 Å². The maximum absolute atomic E-state index is 13.4. The van der Waals surface area contributed by atoms with Crippen LogP contribution in [0.25, 0.3) is 0 Å². The van der Waals surface area contributed by atoms with E-state index in [2.05, 4.69) is 10.6 Å². The molecule has 3 nitrogen and oxygen atoms in total. The van der Waals surface area contributed by atoms with Crippen LogP contribution in [0.4, 0.5) is 13.2 Å². The van der Waals surface area contributed by atoms with Crippen LogP contribution < -0.4 is 10.6 Å². The Labute approximate surface area is 102 Å². The molecule has 0 spiro atoms. The lowest BCUT2D eigenvalue weighted by Gasteiger charge is -2.23. The normalized spacial score (nSPS) is 19.6. The zero-order valence-electron chi connectivity index (χ0n) is 9.60. The Morgan fingerprint density at radius 3 is 2.50 bits per heavy atom. The maximum atomic E-state index is 13.4. The third kappa shape index (κ3) is 2.81. The summed E-state index contributed by atoms with van der Waals surface area (Å²) in [5.41, 5.74) is -0.734. The van der Waals surface area contributed by atoms with Crippen molar-refractivity contribution in [2.75, 3.05) is 13.1 Å². The fraction of sp³-hybridized carbons (Fsp3) is 0.417. The average Bonchev–Trinajstić information content (AvgIpc) is 2.28. The summed E-state index contributed by atoms with van der Waals surface area (Å²) >= 11 is 0. The predicted octanol–water partition coefficient (Wildman–Crippen LogP) is 1.59. The van der Waals surface area contributed by atoms with Crippen LogP contribution in [0, 0.1) is 17.5 Å². The standard InChI is InChI=1S/C12H13F3N2O/c13-7-4-9(14)11(10(15)5-7)12(18)17-8-2-1-3-16-6-8/h4-5,8,16H,1-3,6H2,(H,17,18)/t8-/m0/s1. The number of carbonyl (C=O) groups excluding carboxylic acids is 1. The minimum atomic E-state index is -1.19. The van der Waals surface area contributed by atoms with E-state index in [1.807, 2.05) is 0 Å². The molecule has 0 saturated carbocycles. The quantitative estimate of drug-likeness (QED) is 0.845. The summed E-state index contributed by atoms with van der Waals surface area (Å²) in [6.45, 7) is 1.43. The second kappa shape index (κ2) is 5.39. The number of hydrogen-bond donors (Lipinski definition) is 2. The molecule has 1 aliphatic rings. The highest BCUT2D eigenvalue weighted by molar-refractivity contribution is 5.94. The summed E-state index contributed by atoms with van der Waals surface area (Å²) in [6.07, 6.45) is 1.64. The number of amides is 1. The fourth-order valence-corrected chi connectivity index (χ4v) is 1.99. The van der Waals surface area contributed by atoms with Crippen molar-refractivity contribution in [3.63, 3.8) is 0 Å². The van der Waals surface area contributed by atoms with E-state index in [0.29, 0.717) is 18.7 Å². The van der Waals surface area contributed by atoms with E-state index in [0.717, 1.165) is 19.4 Å². The van der Waals surface area contributed by atoms with Gasteiger partial charge in [-0.3, -0.25) is 4.79 Å². The van der Waals surface area contributed by atoms with Gasteiger partial charge < -0.3 is 10.6 Å². The van der Waals surface area contributed by atoms with Gasteiger partial charge in [0.15, 0.2) is 0 Å². The van der Waals surface area contributed by atoms with Gasteiger partial charge in [0.2, 0.25) is 0 Å². The van der Waals surface area contributed by atoms with Gasteiger partial charge in [0, 0.05) is 24.7 Å². The molecule has 6 heteroatoms. The predicted molar refractivity (Wildman–Crippen MR) is 59.7 cm³/mol. The van der Waals surface area contributed by atoms with Crippen molar-refractivity contribution in [1.29, 1.82) is 0 Å².